The number of β-amino-alcohol motifs (C(OH)–C–C–N with tert-alkyl or cyclic N) is 1. The van der Waals surface area contributed by atoms with E-state index in [0.717, 1.165) is 130 Å². The number of aromatic nitrogens is 6. The molecule has 3 aromatic heterocycles. The lowest BCUT2D eigenvalue weighted by molar-refractivity contribution is -0.397. The van der Waals surface area contributed by atoms with Crippen LogP contribution in [0.15, 0.2) is 37.2 Å². The van der Waals surface area contributed by atoms with Crippen LogP contribution in [0.3, 0.4) is 0 Å². The number of hydrogen-bond donors (Lipinski definition) is 1. The predicted octanol–water partition coefficient (Wildman–Crippen LogP) is -6.82. The zero-order chi connectivity index (χ0) is 68.1. The van der Waals surface area contributed by atoms with Crippen molar-refractivity contribution >= 4 is 230 Å². The average Bonchev–Trinajstić information content (AvgIpc) is 1.65. The van der Waals surface area contributed by atoms with Gasteiger partial charge in [-0.1, -0.05) is 71.6 Å². The SMILES string of the molecule is [B]B([B])B([B])B(B([B])[B])B1CC1CC1CCN(CC(O)Cn2ccnc2[N+](=O)[O-])CC1.[B]B([B])B([B])B(B([B])[B])B1CC1CN1CCCN(CC(C)Cn2ccnc2[N+](=O)[O-])C1.[B]B([B])B([B])B(B([B])[B])B1CC1CN1CCN(CC(C)Cn2ccnc2[N+](=O)[O-])CC1. The minimum Gasteiger partial charge on any atom is -0.390 e. The highest BCUT2D eigenvalue weighted by Crippen LogP contribution is 2.46. The Balaban J connectivity index is 0.000000198. The highest BCUT2D eigenvalue weighted by Gasteiger charge is 2.53. The number of piperidine rings is 1. The molecule has 9 rings (SSSR count). The van der Waals surface area contributed by atoms with Gasteiger partial charge in [0.05, 0.1) is 52.2 Å². The molecule has 0 amide bonds. The highest BCUT2D eigenvalue weighted by molar-refractivity contribution is 8.02. The van der Waals surface area contributed by atoms with Crippen molar-refractivity contribution in [1.29, 1.82) is 0 Å². The maximum atomic E-state index is 11.1. The number of imidazole rings is 3. The quantitative estimate of drug-likeness (QED) is 0.0341. The second-order valence-corrected chi connectivity index (χ2v) is 27.9. The lowest BCUT2D eigenvalue weighted by Crippen LogP contribution is -2.63. The monoisotopic (exact) mass is 1210 g/mol. The molecule has 6 unspecified atom stereocenters. The first-order valence-electron chi connectivity index (χ1n) is 33.1. The van der Waals surface area contributed by atoms with Crippen molar-refractivity contribution in [2.45, 2.75) is 102 Å². The van der Waals surface area contributed by atoms with Crippen molar-refractivity contribution in [1.82, 2.24) is 53.2 Å². The molecule has 0 spiro atoms. The van der Waals surface area contributed by atoms with Crippen LogP contribution < -0.4 is 0 Å². The van der Waals surface area contributed by atoms with Gasteiger partial charge in [0.15, 0.2) is 0 Å². The number of piperazine rings is 1. The molecule has 0 aromatic carbocycles. The number of aliphatic hydroxyl groups is 1. The molecular weight excluding hydrogens is 1140 g/mol. The van der Waals surface area contributed by atoms with Gasteiger partial charge in [-0.3, -0.25) is 9.80 Å². The summed E-state index contributed by atoms with van der Waals surface area (Å²) in [6.07, 6.45) is 11.2. The van der Waals surface area contributed by atoms with Crippen molar-refractivity contribution in [3.05, 3.63) is 67.5 Å². The summed E-state index contributed by atoms with van der Waals surface area (Å²) >= 11 is 0. The zero-order valence-electron chi connectivity index (χ0n) is 54.5. The maximum Gasteiger partial charge on any atom is 0.434 e. The van der Waals surface area contributed by atoms with Crippen molar-refractivity contribution < 1.29 is 19.9 Å². The number of nitrogens with zero attached hydrogens (tertiary/aromatic N) is 14. The van der Waals surface area contributed by atoms with Gasteiger partial charge in [-0.15, -0.1) is 0 Å². The highest BCUT2D eigenvalue weighted by atomic mass is 16.6. The molecule has 6 aliphatic heterocycles. The summed E-state index contributed by atoms with van der Waals surface area (Å²) in [5, 5.41) is 43.4. The Morgan fingerprint density at radius 3 is 1.24 bits per heavy atom. The molecule has 0 bridgehead atoms. The molecule has 6 saturated heterocycles. The van der Waals surface area contributed by atoms with Gasteiger partial charge in [0.2, 0.25) is 0 Å². The lowest BCUT2D eigenvalue weighted by atomic mass is 8.57. The molecule has 93 heavy (non-hydrogen) atoms. The third-order valence-electron chi connectivity index (χ3n) is 20.2. The summed E-state index contributed by atoms with van der Waals surface area (Å²) in [6.45, 7) is 19.7. The van der Waals surface area contributed by atoms with Gasteiger partial charge in [0, 0.05) is 252 Å². The van der Waals surface area contributed by atoms with Gasteiger partial charge in [-0.2, -0.15) is 0 Å². The average molecular weight is 1210 g/mol. The molecule has 0 aliphatic carbocycles. The van der Waals surface area contributed by atoms with Crippen molar-refractivity contribution in [3.8, 4) is 0 Å². The minimum atomic E-state index is -0.689. The molecule has 1 N–H and O–H groups in total. The molecular formula is C42H68B30N14O7. The molecule has 6 atom stereocenters. The van der Waals surface area contributed by atoms with Crippen LogP contribution in [0, 0.1) is 48.1 Å². The molecule has 0 saturated carbocycles. The second kappa shape index (κ2) is 36.6. The van der Waals surface area contributed by atoms with E-state index >= 15 is 0 Å². The fraction of sp³-hybridized carbons (Fsp3) is 0.786. The lowest BCUT2D eigenvalue weighted by Gasteiger charge is -2.37. The van der Waals surface area contributed by atoms with Crippen molar-refractivity contribution in [2.75, 3.05) is 91.8 Å². The van der Waals surface area contributed by atoms with Crippen LogP contribution in [0.4, 0.5) is 17.8 Å². The van der Waals surface area contributed by atoms with Crippen LogP contribution in [-0.2, 0) is 19.6 Å². The largest absolute Gasteiger partial charge is 0.434 e. The summed E-state index contributed by atoms with van der Waals surface area (Å²) in [5.74, 6) is 2.35. The third-order valence-corrected chi connectivity index (χ3v) is 20.2. The van der Waals surface area contributed by atoms with E-state index in [-0.39, 0.29) is 55.8 Å². The van der Waals surface area contributed by atoms with Gasteiger partial charge < -0.3 is 50.1 Å². The summed E-state index contributed by atoms with van der Waals surface area (Å²) in [6, 6.07) is 0. The number of rotatable bonds is 33. The van der Waals surface area contributed by atoms with Crippen LogP contribution in [0.2, 0.25) is 36.4 Å². The summed E-state index contributed by atoms with van der Waals surface area (Å²) in [4.78, 5) is 55.0. The summed E-state index contributed by atoms with van der Waals surface area (Å²) in [7, 11) is 89.0. The van der Waals surface area contributed by atoms with E-state index < -0.39 is 72.0 Å². The molecule has 9 heterocycles. The molecule has 3 aromatic rings. The van der Waals surface area contributed by atoms with Gasteiger partial charge >= 0.3 is 17.8 Å². The van der Waals surface area contributed by atoms with Crippen molar-refractivity contribution in [2.24, 2.45) is 17.8 Å². The Labute approximate surface area is 578 Å². The maximum absolute atomic E-state index is 11.1. The minimum absolute atomic E-state index is 0.0561. The standard InChI is InChI=1S/2C14H23B10N5O2.C14H22B10N4O3/c1-12(9-28-6-3-25-14(28)29(30)31)8-26-4-2-5-27(11-26)10-13-7-20(13)24(22(17)18)23(19)21(15)16;1-12(10-28-3-2-25-14(28)29(30)31)9-26-4-6-27(7-5-26)11-13-8-20(13)24(22(17)18)23(19)21(15)16;15-21(16)23(19)24(22(17)18)20-8-12(20)7-11-1-4-26(5-2-11)9-13(29)10-27-6-3-25-14(27)28(30)31/h3,6,12-13H,2,4-5,7-11H2,1H3;2-3,12-13H,4-11H2,1H3;3,6,11-13,29H,1-2,4-5,7-10H2. The zero-order valence-corrected chi connectivity index (χ0v) is 54.5. The van der Waals surface area contributed by atoms with Gasteiger partial charge in [0.25, 0.3) is 0 Å². The van der Waals surface area contributed by atoms with Crippen LogP contribution in [0.5, 0.6) is 0 Å². The Bertz CT molecular complexity index is 2660. The van der Waals surface area contributed by atoms with E-state index in [1.807, 2.05) is 0 Å². The molecule has 438 valence electrons. The first kappa shape index (κ1) is 77.9. The second-order valence-electron chi connectivity index (χ2n) is 27.9. The van der Waals surface area contributed by atoms with Gasteiger partial charge in [-0.25, -0.2) is 13.7 Å². The fourth-order valence-electron chi connectivity index (χ4n) is 15.2. The fourth-order valence-corrected chi connectivity index (χ4v) is 15.2. The first-order chi connectivity index (χ1) is 44.0. The number of likely N-dealkylation sites (tertiary alicyclic amines) is 1. The molecule has 30 radical (unpaired) electrons. The van der Waals surface area contributed by atoms with E-state index in [1.54, 1.807) is 21.5 Å². The molecule has 6 fully saturated rings. The number of aliphatic hydroxyl groups excluding tert-OH is 1. The Morgan fingerprint density at radius 2 is 0.828 bits per heavy atom. The molecule has 51 heteroatoms. The summed E-state index contributed by atoms with van der Waals surface area (Å²) < 4.78 is 4.61. The Hall–Kier alpha value is -2.46. The van der Waals surface area contributed by atoms with Crippen LogP contribution >= 0.6 is 0 Å². The van der Waals surface area contributed by atoms with E-state index in [4.69, 9.17) is 116 Å². The number of hydrogen-bond acceptors (Lipinski definition) is 15. The van der Waals surface area contributed by atoms with Crippen molar-refractivity contribution in [3.63, 3.8) is 0 Å². The van der Waals surface area contributed by atoms with E-state index in [9.17, 15) is 35.4 Å². The first-order valence-corrected chi connectivity index (χ1v) is 33.1. The van der Waals surface area contributed by atoms with Crippen LogP contribution in [-0.4, -0.2) is 383 Å². The predicted molar refractivity (Wildman–Crippen MR) is 409 cm³/mol. The Kier molecular flexibility index (Phi) is 30.6. The Morgan fingerprint density at radius 1 is 0.473 bits per heavy atom. The van der Waals surface area contributed by atoms with Gasteiger partial charge in [0.1, 0.15) is 37.2 Å². The smallest absolute Gasteiger partial charge is 0.390 e. The molecule has 6 aliphatic rings. The molecule has 21 nitrogen and oxygen atoms in total. The van der Waals surface area contributed by atoms with E-state index in [1.165, 1.54) is 29.4 Å². The topological polar surface area (TPSA) is 219 Å². The third kappa shape index (κ3) is 23.3. The van der Waals surface area contributed by atoms with E-state index in [0.29, 0.717) is 68.7 Å². The number of nitro groups is 3. The van der Waals surface area contributed by atoms with Crippen LogP contribution in [0.25, 0.3) is 0 Å². The normalized spacial score (nSPS) is 20.3. The van der Waals surface area contributed by atoms with E-state index in [2.05, 4.69) is 53.3 Å². The van der Waals surface area contributed by atoms with Gasteiger partial charge in [-0.05, 0) is 78.0 Å². The van der Waals surface area contributed by atoms with Crippen LogP contribution in [0.1, 0.15) is 39.5 Å². The summed E-state index contributed by atoms with van der Waals surface area (Å²) in [5.41, 5.74) is 0.